The first kappa shape index (κ1) is 14.1. The second-order valence-corrected chi connectivity index (χ2v) is 5.36. The minimum Gasteiger partial charge on any atom is -0.345 e. The van der Waals surface area contributed by atoms with Crippen molar-refractivity contribution in [1.82, 2.24) is 19.4 Å². The quantitative estimate of drug-likeness (QED) is 0.781. The largest absolute Gasteiger partial charge is 0.345 e. The van der Waals surface area contributed by atoms with Gasteiger partial charge in [-0.15, -0.1) is 0 Å². The minimum absolute atomic E-state index is 0.0510. The zero-order chi connectivity index (χ0) is 15.9. The zero-order valence-electron chi connectivity index (χ0n) is 12.6. The molecule has 0 spiro atoms. The Hall–Kier alpha value is -2.89. The fraction of sp³-hybridized carbons (Fsp3) is 0.188. The lowest BCUT2D eigenvalue weighted by molar-refractivity contribution is 0.0827. The van der Waals surface area contributed by atoms with Gasteiger partial charge in [-0.1, -0.05) is 12.1 Å². The molecule has 6 heteroatoms. The van der Waals surface area contributed by atoms with E-state index in [-0.39, 0.29) is 11.6 Å². The van der Waals surface area contributed by atoms with E-state index >= 15 is 0 Å². The van der Waals surface area contributed by atoms with Crippen molar-refractivity contribution in [3.63, 3.8) is 0 Å². The van der Waals surface area contributed by atoms with Gasteiger partial charge in [0.1, 0.15) is 0 Å². The lowest BCUT2D eigenvalue weighted by Gasteiger charge is -2.11. The number of aryl methyl sites for hydroxylation is 1. The number of hydrogen-bond acceptors (Lipinski definition) is 3. The molecule has 0 radical (unpaired) electrons. The normalized spacial score (nSPS) is 10.9. The van der Waals surface area contributed by atoms with Gasteiger partial charge in [-0.25, -0.2) is 9.78 Å². The van der Waals surface area contributed by atoms with Gasteiger partial charge in [-0.05, 0) is 23.8 Å². The van der Waals surface area contributed by atoms with Gasteiger partial charge in [0.2, 0.25) is 0 Å². The van der Waals surface area contributed by atoms with E-state index < -0.39 is 0 Å². The van der Waals surface area contributed by atoms with E-state index in [2.05, 4.69) is 9.97 Å². The summed E-state index contributed by atoms with van der Waals surface area (Å²) in [5, 5.41) is 0. The van der Waals surface area contributed by atoms with Crippen LogP contribution in [-0.2, 0) is 7.05 Å². The predicted molar refractivity (Wildman–Crippen MR) is 84.8 cm³/mol. The van der Waals surface area contributed by atoms with Gasteiger partial charge in [0, 0.05) is 38.5 Å². The summed E-state index contributed by atoms with van der Waals surface area (Å²) in [6.07, 6.45) is 1.69. The van der Waals surface area contributed by atoms with Gasteiger partial charge in [-0.3, -0.25) is 14.3 Å². The van der Waals surface area contributed by atoms with Crippen molar-refractivity contribution in [3.05, 3.63) is 52.6 Å². The molecule has 0 atom stereocenters. The van der Waals surface area contributed by atoms with Crippen LogP contribution in [0.3, 0.4) is 0 Å². The molecule has 0 saturated carbocycles. The molecule has 1 aromatic carbocycles. The average Bonchev–Trinajstić information content (AvgIpc) is 2.81. The Labute approximate surface area is 127 Å². The van der Waals surface area contributed by atoms with Gasteiger partial charge >= 0.3 is 5.69 Å². The van der Waals surface area contributed by atoms with Gasteiger partial charge in [0.15, 0.2) is 5.65 Å². The molecule has 22 heavy (non-hydrogen) atoms. The van der Waals surface area contributed by atoms with Crippen LogP contribution in [-0.4, -0.2) is 39.4 Å². The third-order valence-corrected chi connectivity index (χ3v) is 3.61. The Morgan fingerprint density at radius 3 is 2.73 bits per heavy atom. The number of pyridine rings is 1. The smallest absolute Gasteiger partial charge is 0.327 e. The number of carbonyl (C=O) groups is 1. The number of amides is 1. The highest BCUT2D eigenvalue weighted by Gasteiger charge is 2.11. The molecule has 3 rings (SSSR count). The van der Waals surface area contributed by atoms with Crippen molar-refractivity contribution in [2.75, 3.05) is 14.1 Å². The summed E-state index contributed by atoms with van der Waals surface area (Å²) < 4.78 is 1.51. The Kier molecular flexibility index (Phi) is 3.29. The number of hydrogen-bond donors (Lipinski definition) is 1. The van der Waals surface area contributed by atoms with Crippen LogP contribution in [0, 0.1) is 0 Å². The van der Waals surface area contributed by atoms with Crippen molar-refractivity contribution in [2.24, 2.45) is 7.05 Å². The van der Waals surface area contributed by atoms with E-state index in [1.54, 1.807) is 33.4 Å². The number of aromatic amines is 1. The number of rotatable bonds is 2. The topological polar surface area (TPSA) is 71.0 Å². The van der Waals surface area contributed by atoms with Crippen LogP contribution in [0.1, 0.15) is 10.4 Å². The van der Waals surface area contributed by atoms with Crippen molar-refractivity contribution in [3.8, 4) is 11.1 Å². The van der Waals surface area contributed by atoms with Gasteiger partial charge in [0.25, 0.3) is 5.91 Å². The van der Waals surface area contributed by atoms with E-state index in [9.17, 15) is 9.59 Å². The van der Waals surface area contributed by atoms with Crippen molar-refractivity contribution >= 4 is 17.1 Å². The van der Waals surface area contributed by atoms with Crippen LogP contribution in [0.15, 0.2) is 41.3 Å². The van der Waals surface area contributed by atoms with Crippen LogP contribution in [0.5, 0.6) is 0 Å². The van der Waals surface area contributed by atoms with Crippen LogP contribution in [0.2, 0.25) is 0 Å². The molecule has 0 saturated heterocycles. The maximum absolute atomic E-state index is 12.1. The molecular formula is C16H16N4O2. The SMILES string of the molecule is CN(C)C(=O)c1cccc(-c2cnc3[nH]c(=O)n(C)c3c2)c1. The summed E-state index contributed by atoms with van der Waals surface area (Å²) >= 11 is 0. The lowest BCUT2D eigenvalue weighted by Crippen LogP contribution is -2.21. The standard InChI is InChI=1S/C16H16N4O2/c1-19(2)15(21)11-6-4-5-10(7-11)12-8-13-14(17-9-12)18-16(22)20(13)3/h4-9H,1-3H3,(H,17,18,22). The first-order valence-corrected chi connectivity index (χ1v) is 6.84. The molecule has 0 unspecified atom stereocenters. The van der Waals surface area contributed by atoms with Crippen molar-refractivity contribution in [1.29, 1.82) is 0 Å². The Morgan fingerprint density at radius 2 is 2.00 bits per heavy atom. The minimum atomic E-state index is -0.198. The number of H-pyrrole nitrogens is 1. The number of imidazole rings is 1. The molecule has 1 N–H and O–H groups in total. The summed E-state index contributed by atoms with van der Waals surface area (Å²) in [4.78, 5) is 32.2. The summed E-state index contributed by atoms with van der Waals surface area (Å²) in [5.74, 6) is -0.0510. The zero-order valence-corrected chi connectivity index (χ0v) is 12.6. The highest BCUT2D eigenvalue weighted by atomic mass is 16.2. The monoisotopic (exact) mass is 296 g/mol. The number of carbonyl (C=O) groups excluding carboxylic acids is 1. The molecule has 6 nitrogen and oxygen atoms in total. The fourth-order valence-corrected chi connectivity index (χ4v) is 2.35. The first-order chi connectivity index (χ1) is 10.5. The van der Waals surface area contributed by atoms with Crippen LogP contribution < -0.4 is 5.69 Å². The molecule has 112 valence electrons. The molecule has 2 heterocycles. The van der Waals surface area contributed by atoms with Crippen molar-refractivity contribution < 1.29 is 4.79 Å². The molecule has 1 amide bonds. The predicted octanol–water partition coefficient (Wildman–Crippen LogP) is 1.63. The fourth-order valence-electron chi connectivity index (χ4n) is 2.35. The number of aromatic nitrogens is 3. The average molecular weight is 296 g/mol. The molecule has 0 aliphatic carbocycles. The molecule has 0 aliphatic heterocycles. The third kappa shape index (κ3) is 2.28. The second-order valence-electron chi connectivity index (χ2n) is 5.36. The number of nitrogens with one attached hydrogen (secondary N) is 1. The van der Waals surface area contributed by atoms with E-state index in [0.717, 1.165) is 16.6 Å². The van der Waals surface area contributed by atoms with E-state index in [4.69, 9.17) is 0 Å². The van der Waals surface area contributed by atoms with Gasteiger partial charge in [0.05, 0.1) is 5.52 Å². The molecular weight excluding hydrogens is 280 g/mol. The Balaban J connectivity index is 2.11. The van der Waals surface area contributed by atoms with Gasteiger partial charge in [-0.2, -0.15) is 0 Å². The second kappa shape index (κ2) is 5.14. The Bertz CT molecular complexity index is 921. The maximum atomic E-state index is 12.1. The van der Waals surface area contributed by atoms with Crippen LogP contribution in [0.25, 0.3) is 22.3 Å². The number of fused-ring (bicyclic) bond motifs is 1. The highest BCUT2D eigenvalue weighted by molar-refractivity contribution is 5.95. The molecule has 0 bridgehead atoms. The van der Waals surface area contributed by atoms with Crippen LogP contribution in [0.4, 0.5) is 0 Å². The highest BCUT2D eigenvalue weighted by Crippen LogP contribution is 2.22. The maximum Gasteiger partial charge on any atom is 0.327 e. The third-order valence-electron chi connectivity index (χ3n) is 3.61. The molecule has 0 fully saturated rings. The van der Waals surface area contributed by atoms with Crippen molar-refractivity contribution in [2.45, 2.75) is 0 Å². The summed E-state index contributed by atoms with van der Waals surface area (Å²) in [5.41, 5.74) is 3.44. The number of nitrogens with zero attached hydrogens (tertiary/aromatic N) is 3. The van der Waals surface area contributed by atoms with Crippen LogP contribution >= 0.6 is 0 Å². The van der Waals surface area contributed by atoms with Gasteiger partial charge < -0.3 is 4.90 Å². The molecule has 2 aromatic heterocycles. The van der Waals surface area contributed by atoms with E-state index in [1.807, 2.05) is 24.3 Å². The van der Waals surface area contributed by atoms with E-state index in [0.29, 0.717) is 11.2 Å². The lowest BCUT2D eigenvalue weighted by atomic mass is 10.0. The molecule has 0 aliphatic rings. The summed E-state index contributed by atoms with van der Waals surface area (Å²) in [7, 11) is 5.13. The summed E-state index contributed by atoms with van der Waals surface area (Å²) in [6.45, 7) is 0. The number of benzene rings is 1. The molecule has 3 aromatic rings. The first-order valence-electron chi connectivity index (χ1n) is 6.84. The Morgan fingerprint density at radius 1 is 1.23 bits per heavy atom. The summed E-state index contributed by atoms with van der Waals surface area (Å²) in [6, 6.07) is 9.26. The van der Waals surface area contributed by atoms with E-state index in [1.165, 1.54) is 9.47 Å².